The van der Waals surface area contributed by atoms with Crippen LogP contribution in [0.15, 0.2) is 109 Å². The van der Waals surface area contributed by atoms with E-state index in [9.17, 15) is 17.6 Å². The molecule has 0 aliphatic carbocycles. The van der Waals surface area contributed by atoms with E-state index in [4.69, 9.17) is 27.9 Å². The number of sulfonamides is 1. The van der Waals surface area contributed by atoms with Crippen LogP contribution in [0.1, 0.15) is 15.9 Å². The average molecular weight is 585 g/mol. The SMILES string of the molecule is C=CCN(Cc1ccc(F)cc1)C(=O)c1cc(Cl)ccc1NS(=O)(=O)c1ccc(Oc2ccccc2Cl)cc1. The molecule has 200 valence electrons. The van der Waals surface area contributed by atoms with Gasteiger partial charge in [0.2, 0.25) is 0 Å². The second-order valence-corrected chi connectivity index (χ2v) is 10.9. The molecule has 1 amide bonds. The van der Waals surface area contributed by atoms with E-state index in [0.717, 1.165) is 0 Å². The van der Waals surface area contributed by atoms with Crippen LogP contribution < -0.4 is 9.46 Å². The van der Waals surface area contributed by atoms with E-state index in [1.165, 1.54) is 59.5 Å². The van der Waals surface area contributed by atoms with Gasteiger partial charge in [-0.15, -0.1) is 6.58 Å². The van der Waals surface area contributed by atoms with Gasteiger partial charge in [-0.2, -0.15) is 0 Å². The van der Waals surface area contributed by atoms with Crippen molar-refractivity contribution in [2.45, 2.75) is 11.4 Å². The molecule has 0 saturated carbocycles. The maximum absolute atomic E-state index is 13.5. The number of benzene rings is 4. The number of rotatable bonds is 10. The molecule has 0 saturated heterocycles. The highest BCUT2D eigenvalue weighted by Gasteiger charge is 2.23. The van der Waals surface area contributed by atoms with E-state index in [0.29, 0.717) is 22.1 Å². The molecule has 0 radical (unpaired) electrons. The summed E-state index contributed by atoms with van der Waals surface area (Å²) in [5.41, 5.74) is 0.789. The Morgan fingerprint density at radius 1 is 0.974 bits per heavy atom. The van der Waals surface area contributed by atoms with Crippen LogP contribution in [0.4, 0.5) is 10.1 Å². The number of amides is 1. The Morgan fingerprint density at radius 3 is 2.33 bits per heavy atom. The van der Waals surface area contributed by atoms with Gasteiger partial charge in [-0.25, -0.2) is 12.8 Å². The van der Waals surface area contributed by atoms with Crippen molar-refractivity contribution in [2.75, 3.05) is 11.3 Å². The first-order valence-electron chi connectivity index (χ1n) is 11.7. The number of carbonyl (C=O) groups excluding carboxylic acids is 1. The predicted molar refractivity (Wildman–Crippen MR) is 152 cm³/mol. The van der Waals surface area contributed by atoms with Crippen LogP contribution in [-0.2, 0) is 16.6 Å². The van der Waals surface area contributed by atoms with Gasteiger partial charge < -0.3 is 9.64 Å². The molecule has 0 spiro atoms. The molecule has 4 aromatic carbocycles. The maximum atomic E-state index is 13.5. The number of halogens is 3. The third-order valence-electron chi connectivity index (χ3n) is 5.58. The minimum Gasteiger partial charge on any atom is -0.456 e. The Kier molecular flexibility index (Phi) is 8.91. The van der Waals surface area contributed by atoms with Gasteiger partial charge in [0, 0.05) is 18.1 Å². The molecule has 0 fully saturated rings. The Labute approximate surface area is 236 Å². The predicted octanol–water partition coefficient (Wildman–Crippen LogP) is 7.55. The second kappa shape index (κ2) is 12.3. The summed E-state index contributed by atoms with van der Waals surface area (Å²) in [4.78, 5) is 14.9. The Hall–Kier alpha value is -3.85. The summed E-state index contributed by atoms with van der Waals surface area (Å²) in [5, 5.41) is 0.670. The smallest absolute Gasteiger partial charge is 0.261 e. The van der Waals surface area contributed by atoms with Crippen molar-refractivity contribution in [3.8, 4) is 11.5 Å². The van der Waals surface area contributed by atoms with Crippen LogP contribution in [-0.4, -0.2) is 25.8 Å². The van der Waals surface area contributed by atoms with Gasteiger partial charge in [0.15, 0.2) is 0 Å². The standard InChI is InChI=1S/C29H23Cl2FN2O4S/c1-2-17-34(19-20-7-10-22(32)11-8-20)29(35)25-18-21(30)9-16-27(25)33-39(36,37)24-14-12-23(13-15-24)38-28-6-4-3-5-26(28)31/h2-16,18,33H,1,17,19H2. The highest BCUT2D eigenvalue weighted by molar-refractivity contribution is 7.92. The molecule has 0 heterocycles. The van der Waals surface area contributed by atoms with Gasteiger partial charge in [0.1, 0.15) is 17.3 Å². The van der Waals surface area contributed by atoms with E-state index in [2.05, 4.69) is 11.3 Å². The monoisotopic (exact) mass is 584 g/mol. The summed E-state index contributed by atoms with van der Waals surface area (Å²) in [5.74, 6) is -0.0505. The van der Waals surface area contributed by atoms with Crippen LogP contribution in [0.5, 0.6) is 11.5 Å². The van der Waals surface area contributed by atoms with E-state index in [-0.39, 0.29) is 34.3 Å². The molecule has 1 N–H and O–H groups in total. The van der Waals surface area contributed by atoms with Gasteiger partial charge in [-0.3, -0.25) is 9.52 Å². The number of hydrogen-bond donors (Lipinski definition) is 1. The van der Waals surface area contributed by atoms with Crippen molar-refractivity contribution < 1.29 is 22.3 Å². The first-order valence-corrected chi connectivity index (χ1v) is 13.9. The first-order chi connectivity index (χ1) is 18.7. The third kappa shape index (κ3) is 7.17. The fourth-order valence-corrected chi connectivity index (χ4v) is 5.11. The summed E-state index contributed by atoms with van der Waals surface area (Å²) >= 11 is 12.3. The Balaban J connectivity index is 1.57. The van der Waals surface area contributed by atoms with Crippen molar-refractivity contribution in [1.29, 1.82) is 0 Å². The lowest BCUT2D eigenvalue weighted by Gasteiger charge is -2.23. The van der Waals surface area contributed by atoms with Crippen molar-refractivity contribution >= 4 is 44.8 Å². The van der Waals surface area contributed by atoms with Crippen molar-refractivity contribution in [3.63, 3.8) is 0 Å². The maximum Gasteiger partial charge on any atom is 0.261 e. The molecule has 0 unspecified atom stereocenters. The molecule has 0 bridgehead atoms. The first kappa shape index (κ1) is 28.2. The number of anilines is 1. The van der Waals surface area contributed by atoms with Gasteiger partial charge in [0.05, 0.1) is 21.2 Å². The molecule has 0 aliphatic rings. The molecule has 0 atom stereocenters. The Morgan fingerprint density at radius 2 is 1.67 bits per heavy atom. The van der Waals surface area contributed by atoms with Crippen molar-refractivity contribution in [3.05, 3.63) is 131 Å². The molecule has 39 heavy (non-hydrogen) atoms. The molecule has 10 heteroatoms. The second-order valence-electron chi connectivity index (χ2n) is 8.40. The normalized spacial score (nSPS) is 11.1. The lowest BCUT2D eigenvalue weighted by atomic mass is 10.1. The minimum atomic E-state index is -4.09. The van der Waals surface area contributed by atoms with Gasteiger partial charge >= 0.3 is 0 Å². The Bertz CT molecular complexity index is 1590. The van der Waals surface area contributed by atoms with Crippen molar-refractivity contribution in [2.24, 2.45) is 0 Å². The van der Waals surface area contributed by atoms with Crippen LogP contribution in [0.25, 0.3) is 0 Å². The zero-order valence-corrected chi connectivity index (χ0v) is 22.8. The molecule has 0 aliphatic heterocycles. The number of nitrogens with one attached hydrogen (secondary N) is 1. The third-order valence-corrected chi connectivity index (χ3v) is 7.51. The largest absolute Gasteiger partial charge is 0.456 e. The van der Waals surface area contributed by atoms with Gasteiger partial charge in [-0.05, 0) is 72.3 Å². The van der Waals surface area contributed by atoms with Gasteiger partial charge in [0.25, 0.3) is 15.9 Å². The molecule has 0 aromatic heterocycles. The topological polar surface area (TPSA) is 75.7 Å². The zero-order chi connectivity index (χ0) is 28.0. The zero-order valence-electron chi connectivity index (χ0n) is 20.5. The number of nitrogens with zero attached hydrogens (tertiary/aromatic N) is 1. The van der Waals surface area contributed by atoms with E-state index < -0.39 is 21.7 Å². The molecular formula is C29H23Cl2FN2O4S. The number of hydrogen-bond acceptors (Lipinski definition) is 4. The lowest BCUT2D eigenvalue weighted by Crippen LogP contribution is -2.31. The van der Waals surface area contributed by atoms with E-state index in [1.54, 1.807) is 42.5 Å². The minimum absolute atomic E-state index is 0.0448. The molecule has 4 aromatic rings. The fraction of sp³-hybridized carbons (Fsp3) is 0.0690. The molecule has 6 nitrogen and oxygen atoms in total. The summed E-state index contributed by atoms with van der Waals surface area (Å²) in [6, 6.07) is 22.7. The van der Waals surface area contributed by atoms with Crippen LogP contribution in [0, 0.1) is 5.82 Å². The summed E-state index contributed by atoms with van der Waals surface area (Å²) < 4.78 is 48.0. The van der Waals surface area contributed by atoms with Crippen LogP contribution in [0.2, 0.25) is 10.0 Å². The highest BCUT2D eigenvalue weighted by atomic mass is 35.5. The summed E-state index contributed by atoms with van der Waals surface area (Å²) in [7, 11) is -4.09. The number of para-hydroxylation sites is 1. The van der Waals surface area contributed by atoms with Crippen LogP contribution >= 0.6 is 23.2 Å². The molecular weight excluding hydrogens is 562 g/mol. The lowest BCUT2D eigenvalue weighted by molar-refractivity contribution is 0.0763. The number of ether oxygens (including phenoxy) is 1. The van der Waals surface area contributed by atoms with Gasteiger partial charge in [-0.1, -0.05) is 53.5 Å². The van der Waals surface area contributed by atoms with E-state index in [1.807, 2.05) is 0 Å². The van der Waals surface area contributed by atoms with Crippen molar-refractivity contribution in [1.82, 2.24) is 4.90 Å². The summed E-state index contributed by atoms with van der Waals surface area (Å²) in [6.07, 6.45) is 1.54. The van der Waals surface area contributed by atoms with Crippen LogP contribution in [0.3, 0.4) is 0 Å². The average Bonchev–Trinajstić information content (AvgIpc) is 2.92. The fourth-order valence-electron chi connectivity index (χ4n) is 3.68. The molecule has 4 rings (SSSR count). The highest BCUT2D eigenvalue weighted by Crippen LogP contribution is 2.30. The van der Waals surface area contributed by atoms with E-state index >= 15 is 0 Å². The summed E-state index contributed by atoms with van der Waals surface area (Å²) in [6.45, 7) is 4.02. The quantitative estimate of drug-likeness (QED) is 0.195. The number of carbonyl (C=O) groups is 1.